The zero-order valence-corrected chi connectivity index (χ0v) is 6.85. The molecular formula is C4HCoF9+3. The van der Waals surface area contributed by atoms with Gasteiger partial charge in [0.05, 0.1) is 0 Å². The molecule has 10 heteroatoms. The van der Waals surface area contributed by atoms with Crippen molar-refractivity contribution in [2.75, 3.05) is 0 Å². The molecule has 0 atom stereocenters. The van der Waals surface area contributed by atoms with Crippen LogP contribution in [0.5, 0.6) is 0 Å². The van der Waals surface area contributed by atoms with E-state index in [1.165, 1.54) is 0 Å². The van der Waals surface area contributed by atoms with Gasteiger partial charge >= 0.3 is 41.2 Å². The zero-order valence-electron chi connectivity index (χ0n) is 5.81. The summed E-state index contributed by atoms with van der Waals surface area (Å²) in [6.07, 6.45) is -11.8. The first-order valence-corrected chi connectivity index (χ1v) is 2.55. The van der Waals surface area contributed by atoms with Gasteiger partial charge in [-0.1, -0.05) is 0 Å². The first-order valence-electron chi connectivity index (χ1n) is 2.55. The summed E-state index contributed by atoms with van der Waals surface area (Å²) in [4.78, 5) is 0. The molecule has 0 saturated heterocycles. The largest absolute Gasteiger partial charge is 3.00 e. The van der Waals surface area contributed by atoms with Gasteiger partial charge in [-0.25, -0.2) is 8.78 Å². The molecule has 0 radical (unpaired) electrons. The molecule has 14 heavy (non-hydrogen) atoms. The van der Waals surface area contributed by atoms with Crippen LogP contribution in [0.15, 0.2) is 0 Å². The second kappa shape index (κ2) is 4.17. The molecule has 0 aromatic carbocycles. The van der Waals surface area contributed by atoms with E-state index in [0.29, 0.717) is 0 Å². The fourth-order valence-electron chi connectivity index (χ4n) is 0.326. The minimum Gasteiger partial charge on any atom is -0.203 e. The number of hydrogen-bond acceptors (Lipinski definition) is 0. The molecule has 0 fully saturated rings. The van der Waals surface area contributed by atoms with Gasteiger partial charge in [-0.15, -0.1) is 0 Å². The molecule has 0 unspecified atom stereocenters. The fraction of sp³-hybridized carbons (Fsp3) is 1.00. The van der Waals surface area contributed by atoms with Gasteiger partial charge < -0.3 is 0 Å². The van der Waals surface area contributed by atoms with E-state index in [9.17, 15) is 39.5 Å². The molecule has 0 aromatic heterocycles. The molecule has 0 amide bonds. The van der Waals surface area contributed by atoms with Crippen LogP contribution in [0.25, 0.3) is 0 Å². The Morgan fingerprint density at radius 1 is 0.714 bits per heavy atom. The van der Waals surface area contributed by atoms with Crippen molar-refractivity contribution in [1.29, 1.82) is 0 Å². The van der Waals surface area contributed by atoms with Crippen LogP contribution in [0.1, 0.15) is 0 Å². The molecule has 0 aliphatic carbocycles. The summed E-state index contributed by atoms with van der Waals surface area (Å²) in [5, 5.41) is 0. The van der Waals surface area contributed by atoms with E-state index in [0.717, 1.165) is 0 Å². The van der Waals surface area contributed by atoms with Crippen LogP contribution in [0, 0.1) is 0 Å². The fourth-order valence-corrected chi connectivity index (χ4v) is 0.326. The molecule has 0 saturated carbocycles. The third-order valence-corrected chi connectivity index (χ3v) is 1.05. The summed E-state index contributed by atoms with van der Waals surface area (Å²) in [5.41, 5.74) is 0. The summed E-state index contributed by atoms with van der Waals surface area (Å²) in [6, 6.07) is 0. The van der Waals surface area contributed by atoms with E-state index in [-0.39, 0.29) is 16.8 Å². The average molecular weight is 279 g/mol. The predicted octanol–water partition coefficient (Wildman–Crippen LogP) is 3.08. The SMILES string of the molecule is FC(F)C(F)(F)C(F)(F)C(F)(F)F.[Co+3]. The Hall–Kier alpha value is -0.124. The molecule has 0 aromatic rings. The van der Waals surface area contributed by atoms with E-state index in [2.05, 4.69) is 0 Å². The van der Waals surface area contributed by atoms with Gasteiger partial charge in [0.2, 0.25) is 0 Å². The minimum absolute atomic E-state index is 0. The van der Waals surface area contributed by atoms with Crippen LogP contribution in [0.4, 0.5) is 39.5 Å². The monoisotopic (exact) mass is 279 g/mol. The maximum Gasteiger partial charge on any atom is 3.00 e. The van der Waals surface area contributed by atoms with E-state index in [4.69, 9.17) is 0 Å². The van der Waals surface area contributed by atoms with Gasteiger partial charge in [0.25, 0.3) is 0 Å². The number of alkyl halides is 9. The molecule has 0 bridgehead atoms. The molecule has 0 rings (SSSR count). The molecule has 0 aliphatic heterocycles. The second-order valence-corrected chi connectivity index (χ2v) is 2.00. The first kappa shape index (κ1) is 16.3. The summed E-state index contributed by atoms with van der Waals surface area (Å²) in [7, 11) is 0. The van der Waals surface area contributed by atoms with Crippen LogP contribution in [0.2, 0.25) is 0 Å². The summed E-state index contributed by atoms with van der Waals surface area (Å²) in [6.45, 7) is 0. The Labute approximate surface area is 81.6 Å². The zero-order chi connectivity index (χ0) is 11.1. The molecule has 86 valence electrons. The van der Waals surface area contributed by atoms with E-state index in [1.54, 1.807) is 0 Å². The van der Waals surface area contributed by atoms with Crippen LogP contribution < -0.4 is 0 Å². The normalized spacial score (nSPS) is 14.1. The summed E-state index contributed by atoms with van der Waals surface area (Å²) < 4.78 is 102. The van der Waals surface area contributed by atoms with Gasteiger partial charge in [0, 0.05) is 0 Å². The Kier molecular flexibility index (Phi) is 4.86. The van der Waals surface area contributed by atoms with Crippen molar-refractivity contribution in [2.45, 2.75) is 24.4 Å². The summed E-state index contributed by atoms with van der Waals surface area (Å²) in [5.74, 6) is -13.1. The van der Waals surface area contributed by atoms with E-state index >= 15 is 0 Å². The topological polar surface area (TPSA) is 0 Å². The number of rotatable bonds is 2. The van der Waals surface area contributed by atoms with E-state index in [1.807, 2.05) is 0 Å². The van der Waals surface area contributed by atoms with Crippen molar-refractivity contribution < 1.29 is 56.3 Å². The van der Waals surface area contributed by atoms with Crippen LogP contribution >= 0.6 is 0 Å². The molecule has 0 spiro atoms. The Morgan fingerprint density at radius 3 is 1.07 bits per heavy atom. The smallest absolute Gasteiger partial charge is 0.203 e. The van der Waals surface area contributed by atoms with Crippen molar-refractivity contribution in [2.24, 2.45) is 0 Å². The summed E-state index contributed by atoms with van der Waals surface area (Å²) >= 11 is 0. The molecule has 0 aliphatic rings. The Balaban J connectivity index is 0. The number of halogens is 9. The first-order chi connectivity index (χ1) is 5.44. The van der Waals surface area contributed by atoms with Crippen LogP contribution in [-0.4, -0.2) is 24.4 Å². The Morgan fingerprint density at radius 2 is 1.00 bits per heavy atom. The number of hydrogen-bond donors (Lipinski definition) is 0. The van der Waals surface area contributed by atoms with Crippen molar-refractivity contribution in [3.8, 4) is 0 Å². The van der Waals surface area contributed by atoms with Gasteiger partial charge in [-0.3, -0.25) is 0 Å². The van der Waals surface area contributed by atoms with Crippen molar-refractivity contribution >= 4 is 0 Å². The van der Waals surface area contributed by atoms with Crippen LogP contribution in [-0.2, 0) is 16.8 Å². The molecule has 0 N–H and O–H groups in total. The molecule has 0 heterocycles. The molecule has 0 nitrogen and oxygen atoms in total. The third kappa shape index (κ3) is 2.46. The standard InChI is InChI=1S/C4HF9.Co/c5-1(6)2(7,8)3(9,10)4(11,12)13;/h1H;/q;+3. The maximum absolute atomic E-state index is 11.6. The van der Waals surface area contributed by atoms with Gasteiger partial charge in [-0.05, 0) is 0 Å². The second-order valence-electron chi connectivity index (χ2n) is 2.00. The third-order valence-electron chi connectivity index (χ3n) is 1.05. The van der Waals surface area contributed by atoms with Crippen molar-refractivity contribution in [1.82, 2.24) is 0 Å². The van der Waals surface area contributed by atoms with Gasteiger partial charge in [0.1, 0.15) is 0 Å². The van der Waals surface area contributed by atoms with Crippen molar-refractivity contribution in [3.05, 3.63) is 0 Å². The quantitative estimate of drug-likeness (QED) is 0.681. The van der Waals surface area contributed by atoms with Gasteiger partial charge in [0.15, 0.2) is 0 Å². The van der Waals surface area contributed by atoms with Crippen LogP contribution in [0.3, 0.4) is 0 Å². The molecular weight excluding hydrogens is 278 g/mol. The minimum atomic E-state index is -6.73. The Bertz CT molecular complexity index is 182. The van der Waals surface area contributed by atoms with E-state index < -0.39 is 24.4 Å². The van der Waals surface area contributed by atoms with Crippen molar-refractivity contribution in [3.63, 3.8) is 0 Å². The maximum atomic E-state index is 11.6. The predicted molar refractivity (Wildman–Crippen MR) is 22.0 cm³/mol. The van der Waals surface area contributed by atoms with Gasteiger partial charge in [-0.2, -0.15) is 30.7 Å². The average Bonchev–Trinajstić information content (AvgIpc) is 1.84.